The van der Waals surface area contributed by atoms with Gasteiger partial charge >= 0.3 is 5.97 Å². The fourth-order valence-corrected chi connectivity index (χ4v) is 1.59. The third-order valence-corrected chi connectivity index (χ3v) is 2.33. The Morgan fingerprint density at radius 3 is 3.00 bits per heavy atom. The first kappa shape index (κ1) is 9.29. The highest BCUT2D eigenvalue weighted by atomic mass is 32.1. The van der Waals surface area contributed by atoms with E-state index < -0.39 is 5.97 Å². The molecule has 0 atom stereocenters. The highest BCUT2D eigenvalue weighted by Crippen LogP contribution is 2.13. The van der Waals surface area contributed by atoms with Gasteiger partial charge in [0.2, 0.25) is 5.13 Å². The molecule has 0 aromatic carbocycles. The van der Waals surface area contributed by atoms with Gasteiger partial charge in [0.1, 0.15) is 12.4 Å². The van der Waals surface area contributed by atoms with Crippen LogP contribution in [0, 0.1) is 11.3 Å². The highest BCUT2D eigenvalue weighted by molar-refractivity contribution is 7.12. The SMILES string of the molecule is N#Cc1ncn(-c2nc(C(=O)O)cs2)n1. The molecule has 2 aromatic rings. The van der Waals surface area contributed by atoms with Gasteiger partial charge in [-0.1, -0.05) is 0 Å². The van der Waals surface area contributed by atoms with Crippen LogP contribution in [-0.4, -0.2) is 30.8 Å². The maximum Gasteiger partial charge on any atom is 0.355 e. The lowest BCUT2D eigenvalue weighted by atomic mass is 10.5. The molecule has 7 nitrogen and oxygen atoms in total. The van der Waals surface area contributed by atoms with Crippen molar-refractivity contribution < 1.29 is 9.90 Å². The molecule has 0 spiro atoms. The number of nitriles is 1. The van der Waals surface area contributed by atoms with Gasteiger partial charge in [-0.05, 0) is 0 Å². The molecule has 0 fully saturated rings. The van der Waals surface area contributed by atoms with E-state index in [4.69, 9.17) is 10.4 Å². The van der Waals surface area contributed by atoms with E-state index in [1.54, 1.807) is 6.07 Å². The summed E-state index contributed by atoms with van der Waals surface area (Å²) in [5.41, 5.74) is -0.0518. The van der Waals surface area contributed by atoms with Crippen LogP contribution in [0.2, 0.25) is 0 Å². The van der Waals surface area contributed by atoms with Crippen molar-refractivity contribution >= 4 is 17.3 Å². The van der Waals surface area contributed by atoms with Crippen molar-refractivity contribution in [1.29, 1.82) is 5.26 Å². The molecule has 0 saturated heterocycles. The summed E-state index contributed by atoms with van der Waals surface area (Å²) >= 11 is 1.11. The number of nitrogens with zero attached hydrogens (tertiary/aromatic N) is 5. The number of carbonyl (C=O) groups is 1. The van der Waals surface area contributed by atoms with Crippen molar-refractivity contribution in [3.8, 4) is 11.2 Å². The second-order valence-corrected chi connectivity index (χ2v) is 3.28. The maximum absolute atomic E-state index is 10.6. The van der Waals surface area contributed by atoms with Crippen molar-refractivity contribution in [3.05, 3.63) is 23.2 Å². The van der Waals surface area contributed by atoms with Crippen molar-refractivity contribution in [2.45, 2.75) is 0 Å². The van der Waals surface area contributed by atoms with Crippen LogP contribution in [0.5, 0.6) is 0 Å². The first-order valence-corrected chi connectivity index (χ1v) is 4.59. The highest BCUT2D eigenvalue weighted by Gasteiger charge is 2.11. The molecule has 15 heavy (non-hydrogen) atoms. The van der Waals surface area contributed by atoms with Crippen molar-refractivity contribution in [2.75, 3.05) is 0 Å². The first-order chi connectivity index (χ1) is 7.20. The molecule has 0 unspecified atom stereocenters. The number of carboxylic acid groups (broad SMARTS) is 1. The summed E-state index contributed by atoms with van der Waals surface area (Å²) in [7, 11) is 0. The van der Waals surface area contributed by atoms with Crippen LogP contribution in [0.1, 0.15) is 16.3 Å². The Balaban J connectivity index is 2.38. The molecule has 8 heteroatoms. The van der Waals surface area contributed by atoms with Crippen LogP contribution in [0.25, 0.3) is 5.13 Å². The number of rotatable bonds is 2. The quantitative estimate of drug-likeness (QED) is 0.781. The van der Waals surface area contributed by atoms with Gasteiger partial charge < -0.3 is 5.11 Å². The predicted molar refractivity (Wildman–Crippen MR) is 48.7 cm³/mol. The number of aromatic nitrogens is 4. The molecule has 0 saturated carbocycles. The van der Waals surface area contributed by atoms with Gasteiger partial charge in [-0.3, -0.25) is 0 Å². The molecule has 2 aromatic heterocycles. The van der Waals surface area contributed by atoms with Crippen LogP contribution in [0.3, 0.4) is 0 Å². The van der Waals surface area contributed by atoms with E-state index in [0.29, 0.717) is 5.13 Å². The average molecular weight is 221 g/mol. The molecular weight excluding hydrogens is 218 g/mol. The van der Waals surface area contributed by atoms with Crippen LogP contribution in [0.15, 0.2) is 11.7 Å². The molecule has 0 aliphatic heterocycles. The Labute approximate surface area is 87.3 Å². The number of hydrogen-bond acceptors (Lipinski definition) is 6. The number of thiazole rings is 1. The lowest BCUT2D eigenvalue weighted by Gasteiger charge is -1.89. The lowest BCUT2D eigenvalue weighted by molar-refractivity contribution is 0.0691. The Hall–Kier alpha value is -2.27. The monoisotopic (exact) mass is 221 g/mol. The first-order valence-electron chi connectivity index (χ1n) is 3.71. The van der Waals surface area contributed by atoms with Gasteiger partial charge in [-0.15, -0.1) is 16.4 Å². The number of carboxylic acids is 1. The Kier molecular flexibility index (Phi) is 2.15. The van der Waals surface area contributed by atoms with Crippen LogP contribution >= 0.6 is 11.3 Å². The molecule has 0 aliphatic rings. The maximum atomic E-state index is 10.6. The molecule has 0 bridgehead atoms. The standard InChI is InChI=1S/C7H3N5O2S/c8-1-5-9-3-12(11-5)7-10-4(2-15-7)6(13)14/h2-3H,(H,13,14). The van der Waals surface area contributed by atoms with E-state index in [0.717, 1.165) is 11.3 Å². The summed E-state index contributed by atoms with van der Waals surface area (Å²) in [5.74, 6) is -1.08. The van der Waals surface area contributed by atoms with E-state index in [1.165, 1.54) is 16.4 Å². The summed E-state index contributed by atoms with van der Waals surface area (Å²) < 4.78 is 1.26. The second-order valence-electron chi connectivity index (χ2n) is 2.45. The largest absolute Gasteiger partial charge is 0.476 e. The molecule has 74 valence electrons. The summed E-state index contributed by atoms with van der Waals surface area (Å²) in [6.45, 7) is 0. The lowest BCUT2D eigenvalue weighted by Crippen LogP contribution is -1.99. The van der Waals surface area contributed by atoms with Gasteiger partial charge in [0.05, 0.1) is 0 Å². The van der Waals surface area contributed by atoms with Crippen LogP contribution in [0.4, 0.5) is 0 Å². The van der Waals surface area contributed by atoms with Gasteiger partial charge in [0.15, 0.2) is 5.69 Å². The van der Waals surface area contributed by atoms with Gasteiger partial charge in [0.25, 0.3) is 5.82 Å². The van der Waals surface area contributed by atoms with Crippen LogP contribution < -0.4 is 0 Å². The summed E-state index contributed by atoms with van der Waals surface area (Å²) in [5, 5.41) is 22.7. The summed E-state index contributed by atoms with van der Waals surface area (Å²) in [6.07, 6.45) is 1.31. The van der Waals surface area contributed by atoms with E-state index in [2.05, 4.69) is 15.1 Å². The minimum Gasteiger partial charge on any atom is -0.476 e. The van der Waals surface area contributed by atoms with Crippen molar-refractivity contribution in [3.63, 3.8) is 0 Å². The van der Waals surface area contributed by atoms with Crippen molar-refractivity contribution in [1.82, 2.24) is 19.7 Å². The minimum absolute atomic E-state index is 0.0158. The smallest absolute Gasteiger partial charge is 0.355 e. The second kappa shape index (κ2) is 3.47. The van der Waals surface area contributed by atoms with E-state index in [1.807, 2.05) is 0 Å². The van der Waals surface area contributed by atoms with Gasteiger partial charge in [-0.25, -0.2) is 14.8 Å². The fraction of sp³-hybridized carbons (Fsp3) is 0. The molecule has 0 amide bonds. The third kappa shape index (κ3) is 1.68. The van der Waals surface area contributed by atoms with E-state index in [9.17, 15) is 4.79 Å². The molecule has 0 aliphatic carbocycles. The van der Waals surface area contributed by atoms with Crippen molar-refractivity contribution in [2.24, 2.45) is 0 Å². The number of hydrogen-bond donors (Lipinski definition) is 1. The molecule has 1 N–H and O–H groups in total. The third-order valence-electron chi connectivity index (χ3n) is 1.50. The molecule has 2 rings (SSSR count). The average Bonchev–Trinajstić information content (AvgIpc) is 2.86. The zero-order valence-corrected chi connectivity index (χ0v) is 7.97. The molecular formula is C7H3N5O2S. The van der Waals surface area contributed by atoms with Crippen LogP contribution in [-0.2, 0) is 0 Å². The molecule has 2 heterocycles. The Morgan fingerprint density at radius 2 is 2.47 bits per heavy atom. The fourth-order valence-electron chi connectivity index (χ4n) is 0.874. The normalized spacial score (nSPS) is 9.80. The topological polar surface area (TPSA) is 105 Å². The minimum atomic E-state index is -1.10. The van der Waals surface area contributed by atoms with Gasteiger partial charge in [0, 0.05) is 5.38 Å². The van der Waals surface area contributed by atoms with E-state index in [-0.39, 0.29) is 11.5 Å². The predicted octanol–water partition coefficient (Wildman–Crippen LogP) is 0.294. The zero-order valence-electron chi connectivity index (χ0n) is 7.15. The summed E-state index contributed by atoms with van der Waals surface area (Å²) in [6, 6.07) is 1.76. The Bertz CT molecular complexity index is 552. The summed E-state index contributed by atoms with van der Waals surface area (Å²) in [4.78, 5) is 18.0. The zero-order chi connectivity index (χ0) is 10.8. The molecule has 0 radical (unpaired) electrons. The number of aromatic carboxylic acids is 1. The van der Waals surface area contributed by atoms with E-state index >= 15 is 0 Å². The Morgan fingerprint density at radius 1 is 1.67 bits per heavy atom. The van der Waals surface area contributed by atoms with Gasteiger partial charge in [-0.2, -0.15) is 9.94 Å².